The lowest BCUT2D eigenvalue weighted by molar-refractivity contribution is 0.184. The van der Waals surface area contributed by atoms with Crippen LogP contribution >= 0.6 is 0 Å². The van der Waals surface area contributed by atoms with E-state index in [1.54, 1.807) is 19.2 Å². The lowest BCUT2D eigenvalue weighted by Crippen LogP contribution is -2.14. The van der Waals surface area contributed by atoms with Gasteiger partial charge in [-0.05, 0) is 28.8 Å². The fraction of sp³-hybridized carbons (Fsp3) is 0.250. The molecule has 0 amide bonds. The molecule has 0 spiro atoms. The molecule has 2 aromatic carbocycles. The van der Waals surface area contributed by atoms with E-state index in [0.717, 1.165) is 12.1 Å². The Bertz CT molecular complexity index is 528. The van der Waals surface area contributed by atoms with Crippen molar-refractivity contribution in [1.82, 2.24) is 5.32 Å². The van der Waals surface area contributed by atoms with E-state index in [1.807, 2.05) is 18.2 Å². The zero-order valence-corrected chi connectivity index (χ0v) is 11.0. The van der Waals surface area contributed by atoms with Crippen molar-refractivity contribution in [3.63, 3.8) is 0 Å². The molecule has 0 saturated carbocycles. The van der Waals surface area contributed by atoms with E-state index in [4.69, 9.17) is 4.74 Å². The molecule has 0 fully saturated rings. The summed E-state index contributed by atoms with van der Waals surface area (Å²) >= 11 is 0. The first kappa shape index (κ1) is 13.7. The smallest absolute Gasteiger partial charge is 0.123 e. The molecule has 0 bridgehead atoms. The zero-order valence-electron chi connectivity index (χ0n) is 11.0. The van der Waals surface area contributed by atoms with Crippen LogP contribution in [0.25, 0.3) is 0 Å². The van der Waals surface area contributed by atoms with Gasteiger partial charge in [0.05, 0.1) is 6.61 Å². The van der Waals surface area contributed by atoms with Gasteiger partial charge in [0.25, 0.3) is 0 Å². The van der Waals surface area contributed by atoms with Crippen molar-refractivity contribution in [3.8, 4) is 0 Å². The number of hydrogen-bond acceptors (Lipinski definition) is 2. The predicted molar refractivity (Wildman–Crippen MR) is 74.1 cm³/mol. The molecule has 2 nitrogen and oxygen atoms in total. The van der Waals surface area contributed by atoms with Crippen LogP contribution in [0.5, 0.6) is 0 Å². The van der Waals surface area contributed by atoms with Gasteiger partial charge in [-0.2, -0.15) is 0 Å². The van der Waals surface area contributed by atoms with Crippen LogP contribution in [0.4, 0.5) is 4.39 Å². The van der Waals surface area contributed by atoms with E-state index in [2.05, 4.69) is 17.4 Å². The van der Waals surface area contributed by atoms with E-state index in [0.29, 0.717) is 13.2 Å². The summed E-state index contributed by atoms with van der Waals surface area (Å²) in [5.41, 5.74) is 3.33. The fourth-order valence-corrected chi connectivity index (χ4v) is 2.01. The number of halogens is 1. The van der Waals surface area contributed by atoms with Crippen LogP contribution in [0.3, 0.4) is 0 Å². The van der Waals surface area contributed by atoms with Crippen LogP contribution in [0.2, 0.25) is 0 Å². The lowest BCUT2D eigenvalue weighted by Gasteiger charge is -2.10. The molecule has 0 aliphatic heterocycles. The maximum atomic E-state index is 13.0. The first-order valence-corrected chi connectivity index (χ1v) is 6.30. The number of rotatable bonds is 6. The van der Waals surface area contributed by atoms with Crippen molar-refractivity contribution in [3.05, 3.63) is 71.0 Å². The summed E-state index contributed by atoms with van der Waals surface area (Å²) in [6, 6.07) is 14.8. The monoisotopic (exact) mass is 259 g/mol. The van der Waals surface area contributed by atoms with Gasteiger partial charge in [-0.15, -0.1) is 0 Å². The normalized spacial score (nSPS) is 10.6. The molecule has 0 heterocycles. The first-order valence-electron chi connectivity index (χ1n) is 6.30. The number of ether oxygens (including phenoxy) is 1. The van der Waals surface area contributed by atoms with Crippen LogP contribution in [-0.2, 0) is 24.4 Å². The Balaban J connectivity index is 1.92. The molecule has 0 saturated heterocycles. The minimum Gasteiger partial charge on any atom is -0.380 e. The average molecular weight is 259 g/mol. The highest BCUT2D eigenvalue weighted by molar-refractivity contribution is 5.26. The Kier molecular flexibility index (Phi) is 5.07. The Morgan fingerprint density at radius 2 is 1.79 bits per heavy atom. The van der Waals surface area contributed by atoms with E-state index < -0.39 is 0 Å². The van der Waals surface area contributed by atoms with Crippen LogP contribution < -0.4 is 5.32 Å². The van der Waals surface area contributed by atoms with Gasteiger partial charge in [0, 0.05) is 20.2 Å². The summed E-state index contributed by atoms with van der Waals surface area (Å²) in [6.45, 7) is 2.01. The lowest BCUT2D eigenvalue weighted by atomic mass is 10.1. The highest BCUT2D eigenvalue weighted by Crippen LogP contribution is 2.10. The summed E-state index contributed by atoms with van der Waals surface area (Å²) < 4.78 is 18.2. The molecule has 0 aromatic heterocycles. The topological polar surface area (TPSA) is 21.3 Å². The average Bonchev–Trinajstić information content (AvgIpc) is 2.41. The maximum absolute atomic E-state index is 13.0. The third-order valence-corrected chi connectivity index (χ3v) is 2.95. The minimum atomic E-state index is -0.195. The Hall–Kier alpha value is -1.71. The number of hydrogen-bond donors (Lipinski definition) is 1. The molecule has 3 heteroatoms. The number of benzene rings is 2. The standard InChI is InChI=1S/C16H18FNO/c1-19-12-15-7-3-2-6-14(15)11-18-10-13-5-4-8-16(17)9-13/h2-9,18H,10-12H2,1H3. The zero-order chi connectivity index (χ0) is 13.5. The molecule has 2 rings (SSSR count). The van der Waals surface area contributed by atoms with Crippen LogP contribution in [0.1, 0.15) is 16.7 Å². The van der Waals surface area contributed by atoms with Crippen molar-refractivity contribution in [2.24, 2.45) is 0 Å². The summed E-state index contributed by atoms with van der Waals surface area (Å²) in [7, 11) is 1.69. The number of nitrogens with one attached hydrogen (secondary N) is 1. The van der Waals surface area contributed by atoms with Gasteiger partial charge < -0.3 is 10.1 Å². The van der Waals surface area contributed by atoms with E-state index in [-0.39, 0.29) is 5.82 Å². The van der Waals surface area contributed by atoms with Gasteiger partial charge in [-0.1, -0.05) is 36.4 Å². The maximum Gasteiger partial charge on any atom is 0.123 e. The van der Waals surface area contributed by atoms with Crippen LogP contribution in [-0.4, -0.2) is 7.11 Å². The molecule has 0 aliphatic rings. The molecule has 0 radical (unpaired) electrons. The van der Waals surface area contributed by atoms with E-state index in [1.165, 1.54) is 17.2 Å². The molecule has 19 heavy (non-hydrogen) atoms. The second-order valence-electron chi connectivity index (χ2n) is 4.44. The third-order valence-electron chi connectivity index (χ3n) is 2.95. The SMILES string of the molecule is COCc1ccccc1CNCc1cccc(F)c1. The summed E-state index contributed by atoms with van der Waals surface area (Å²) in [5, 5.41) is 3.32. The Morgan fingerprint density at radius 3 is 2.53 bits per heavy atom. The van der Waals surface area contributed by atoms with Crippen molar-refractivity contribution < 1.29 is 9.13 Å². The highest BCUT2D eigenvalue weighted by Gasteiger charge is 2.01. The molecule has 2 aromatic rings. The fourth-order valence-electron chi connectivity index (χ4n) is 2.01. The van der Waals surface area contributed by atoms with Gasteiger partial charge in [-0.25, -0.2) is 4.39 Å². The largest absolute Gasteiger partial charge is 0.380 e. The van der Waals surface area contributed by atoms with Gasteiger partial charge >= 0.3 is 0 Å². The van der Waals surface area contributed by atoms with Crippen LogP contribution in [0.15, 0.2) is 48.5 Å². The predicted octanol–water partition coefficient (Wildman–Crippen LogP) is 3.26. The van der Waals surface area contributed by atoms with Gasteiger partial charge in [0.15, 0.2) is 0 Å². The van der Waals surface area contributed by atoms with Crippen LogP contribution in [0, 0.1) is 5.82 Å². The molecule has 0 atom stereocenters. The Morgan fingerprint density at radius 1 is 1.00 bits per heavy atom. The molecular weight excluding hydrogens is 241 g/mol. The first-order chi connectivity index (χ1) is 9.29. The van der Waals surface area contributed by atoms with Crippen molar-refractivity contribution in [2.45, 2.75) is 19.7 Å². The number of methoxy groups -OCH3 is 1. The summed E-state index contributed by atoms with van der Waals surface area (Å²) in [4.78, 5) is 0. The molecule has 0 aliphatic carbocycles. The Labute approximate surface area is 113 Å². The second-order valence-corrected chi connectivity index (χ2v) is 4.44. The summed E-state index contributed by atoms with van der Waals surface area (Å²) in [5.74, 6) is -0.195. The third kappa shape index (κ3) is 4.16. The van der Waals surface area contributed by atoms with Crippen molar-refractivity contribution >= 4 is 0 Å². The minimum absolute atomic E-state index is 0.195. The molecule has 0 unspecified atom stereocenters. The van der Waals surface area contributed by atoms with E-state index >= 15 is 0 Å². The highest BCUT2D eigenvalue weighted by atomic mass is 19.1. The molecule has 100 valence electrons. The van der Waals surface area contributed by atoms with Gasteiger partial charge in [-0.3, -0.25) is 0 Å². The summed E-state index contributed by atoms with van der Waals surface area (Å²) in [6.07, 6.45) is 0. The second kappa shape index (κ2) is 7.02. The molecule has 1 N–H and O–H groups in total. The van der Waals surface area contributed by atoms with E-state index in [9.17, 15) is 4.39 Å². The van der Waals surface area contributed by atoms with Gasteiger partial charge in [0.2, 0.25) is 0 Å². The molecular formula is C16H18FNO. The van der Waals surface area contributed by atoms with Crippen molar-refractivity contribution in [1.29, 1.82) is 0 Å². The van der Waals surface area contributed by atoms with Gasteiger partial charge in [0.1, 0.15) is 5.82 Å². The quantitative estimate of drug-likeness (QED) is 0.859. The van der Waals surface area contributed by atoms with Crippen molar-refractivity contribution in [2.75, 3.05) is 7.11 Å².